The van der Waals surface area contributed by atoms with E-state index in [0.717, 1.165) is 10.0 Å². The average molecular weight is 300 g/mol. The van der Waals surface area contributed by atoms with E-state index in [0.29, 0.717) is 11.2 Å². The van der Waals surface area contributed by atoms with E-state index in [4.69, 9.17) is 12.2 Å². The highest BCUT2D eigenvalue weighted by atomic mass is 79.9. The van der Waals surface area contributed by atoms with Crippen LogP contribution in [-0.4, -0.2) is 17.4 Å². The van der Waals surface area contributed by atoms with E-state index in [2.05, 4.69) is 31.8 Å². The SMILES string of the molecule is CC(C)NC(=S)N/N=C/c1ccccc1Br. The highest BCUT2D eigenvalue weighted by Gasteiger charge is 1.96. The largest absolute Gasteiger partial charge is 0.359 e. The minimum absolute atomic E-state index is 0.304. The van der Waals surface area contributed by atoms with E-state index in [1.54, 1.807) is 6.21 Å². The van der Waals surface area contributed by atoms with Gasteiger partial charge in [-0.3, -0.25) is 5.43 Å². The number of rotatable bonds is 3. The molecule has 5 heteroatoms. The zero-order valence-corrected chi connectivity index (χ0v) is 11.6. The van der Waals surface area contributed by atoms with Gasteiger partial charge in [-0.15, -0.1) is 0 Å². The molecule has 0 aliphatic carbocycles. The summed E-state index contributed by atoms with van der Waals surface area (Å²) in [5.74, 6) is 0. The Bertz CT molecular complexity index is 391. The molecule has 0 radical (unpaired) electrons. The van der Waals surface area contributed by atoms with Gasteiger partial charge < -0.3 is 5.32 Å². The number of nitrogens with one attached hydrogen (secondary N) is 2. The van der Waals surface area contributed by atoms with Gasteiger partial charge in [-0.2, -0.15) is 5.10 Å². The van der Waals surface area contributed by atoms with Crippen molar-refractivity contribution in [3.05, 3.63) is 34.3 Å². The quantitative estimate of drug-likeness (QED) is 0.512. The molecule has 3 nitrogen and oxygen atoms in total. The Morgan fingerprint density at radius 3 is 2.75 bits per heavy atom. The maximum Gasteiger partial charge on any atom is 0.187 e. The lowest BCUT2D eigenvalue weighted by Crippen LogP contribution is -2.36. The third kappa shape index (κ3) is 4.72. The van der Waals surface area contributed by atoms with Gasteiger partial charge in [0.2, 0.25) is 0 Å². The van der Waals surface area contributed by atoms with Crippen LogP contribution in [0.15, 0.2) is 33.8 Å². The van der Waals surface area contributed by atoms with Crippen molar-refractivity contribution in [1.29, 1.82) is 0 Å². The molecule has 0 saturated carbocycles. The summed E-state index contributed by atoms with van der Waals surface area (Å²) in [6.07, 6.45) is 1.72. The first-order valence-electron chi connectivity index (χ1n) is 4.93. The molecule has 2 N–H and O–H groups in total. The van der Waals surface area contributed by atoms with Gasteiger partial charge in [0, 0.05) is 16.1 Å². The number of hydrogen-bond donors (Lipinski definition) is 2. The van der Waals surface area contributed by atoms with Gasteiger partial charge >= 0.3 is 0 Å². The summed E-state index contributed by atoms with van der Waals surface area (Å²) in [4.78, 5) is 0. The molecule has 0 aromatic heterocycles. The summed E-state index contributed by atoms with van der Waals surface area (Å²) in [5, 5.41) is 7.61. The van der Waals surface area contributed by atoms with Crippen molar-refractivity contribution >= 4 is 39.5 Å². The third-order valence-corrected chi connectivity index (χ3v) is 2.63. The van der Waals surface area contributed by atoms with Gasteiger partial charge in [-0.1, -0.05) is 34.1 Å². The number of hydrogen-bond acceptors (Lipinski definition) is 2. The predicted molar refractivity (Wildman–Crippen MR) is 75.7 cm³/mol. The van der Waals surface area contributed by atoms with Gasteiger partial charge in [0.15, 0.2) is 5.11 Å². The molecule has 0 unspecified atom stereocenters. The van der Waals surface area contributed by atoms with Crippen LogP contribution < -0.4 is 10.7 Å². The lowest BCUT2D eigenvalue weighted by atomic mass is 10.2. The second-order valence-corrected chi connectivity index (χ2v) is 4.78. The van der Waals surface area contributed by atoms with Crippen LogP contribution in [0.4, 0.5) is 0 Å². The number of benzene rings is 1. The first-order valence-corrected chi connectivity index (χ1v) is 6.14. The summed E-state index contributed by atoms with van der Waals surface area (Å²) in [7, 11) is 0. The summed E-state index contributed by atoms with van der Waals surface area (Å²) in [5.41, 5.74) is 3.76. The van der Waals surface area contributed by atoms with E-state index in [1.165, 1.54) is 0 Å². The van der Waals surface area contributed by atoms with Crippen molar-refractivity contribution in [2.75, 3.05) is 0 Å². The van der Waals surface area contributed by atoms with E-state index in [1.807, 2.05) is 38.1 Å². The zero-order valence-electron chi connectivity index (χ0n) is 9.20. The fourth-order valence-electron chi connectivity index (χ4n) is 1.03. The van der Waals surface area contributed by atoms with Crippen molar-refractivity contribution in [3.8, 4) is 0 Å². The number of halogens is 1. The molecule has 0 spiro atoms. The lowest BCUT2D eigenvalue weighted by Gasteiger charge is -2.09. The maximum atomic E-state index is 5.03. The smallest absolute Gasteiger partial charge is 0.187 e. The molecular formula is C11H14BrN3S. The number of nitrogens with zero attached hydrogens (tertiary/aromatic N) is 1. The molecule has 0 fully saturated rings. The zero-order chi connectivity index (χ0) is 12.0. The van der Waals surface area contributed by atoms with E-state index >= 15 is 0 Å². The Morgan fingerprint density at radius 1 is 1.44 bits per heavy atom. The highest BCUT2D eigenvalue weighted by Crippen LogP contribution is 2.13. The van der Waals surface area contributed by atoms with Crippen LogP contribution >= 0.6 is 28.1 Å². The molecule has 16 heavy (non-hydrogen) atoms. The number of thiocarbonyl (C=S) groups is 1. The Kier molecular flexibility index (Phi) is 5.42. The molecule has 1 aromatic carbocycles. The van der Waals surface area contributed by atoms with Gasteiger partial charge in [-0.05, 0) is 32.1 Å². The minimum Gasteiger partial charge on any atom is -0.359 e. The van der Waals surface area contributed by atoms with Crippen LogP contribution in [0.2, 0.25) is 0 Å². The van der Waals surface area contributed by atoms with Crippen LogP contribution in [0.25, 0.3) is 0 Å². The van der Waals surface area contributed by atoms with Crippen LogP contribution in [0.3, 0.4) is 0 Å². The Hall–Kier alpha value is -0.940. The molecule has 86 valence electrons. The number of hydrazone groups is 1. The first kappa shape index (κ1) is 13.1. The van der Waals surface area contributed by atoms with E-state index in [9.17, 15) is 0 Å². The Morgan fingerprint density at radius 2 is 2.12 bits per heavy atom. The molecule has 0 aliphatic heterocycles. The fourth-order valence-corrected chi connectivity index (χ4v) is 1.71. The average Bonchev–Trinajstić information content (AvgIpc) is 2.19. The van der Waals surface area contributed by atoms with Crippen molar-refractivity contribution in [3.63, 3.8) is 0 Å². The third-order valence-electron chi connectivity index (χ3n) is 1.69. The van der Waals surface area contributed by atoms with E-state index < -0.39 is 0 Å². The van der Waals surface area contributed by atoms with E-state index in [-0.39, 0.29) is 0 Å². The monoisotopic (exact) mass is 299 g/mol. The molecule has 1 aromatic rings. The second kappa shape index (κ2) is 6.60. The van der Waals surface area contributed by atoms with Crippen LogP contribution in [0, 0.1) is 0 Å². The van der Waals surface area contributed by atoms with Gasteiger partial charge in [0.1, 0.15) is 0 Å². The standard InChI is InChI=1S/C11H14BrN3S/c1-8(2)14-11(16)15-13-7-9-5-3-4-6-10(9)12/h3-8H,1-2H3,(H2,14,15,16)/b13-7+. The predicted octanol–water partition coefficient (Wildman–Crippen LogP) is 2.66. The van der Waals surface area contributed by atoms with Crippen molar-refractivity contribution in [2.45, 2.75) is 19.9 Å². The minimum atomic E-state index is 0.304. The summed E-state index contributed by atoms with van der Waals surface area (Å²) >= 11 is 8.47. The fraction of sp³-hybridized carbons (Fsp3) is 0.273. The molecule has 0 bridgehead atoms. The van der Waals surface area contributed by atoms with Crippen LogP contribution in [-0.2, 0) is 0 Å². The molecule has 0 heterocycles. The molecule has 0 saturated heterocycles. The normalized spacial score (nSPS) is 10.8. The van der Waals surface area contributed by atoms with Gasteiger partial charge in [0.25, 0.3) is 0 Å². The molecular weight excluding hydrogens is 286 g/mol. The van der Waals surface area contributed by atoms with Gasteiger partial charge in [0.05, 0.1) is 6.21 Å². The van der Waals surface area contributed by atoms with Gasteiger partial charge in [-0.25, -0.2) is 0 Å². The summed E-state index contributed by atoms with van der Waals surface area (Å²) in [6, 6.07) is 8.15. The molecule has 0 aliphatic rings. The Balaban J connectivity index is 2.49. The van der Waals surface area contributed by atoms with Crippen molar-refractivity contribution < 1.29 is 0 Å². The molecule has 0 amide bonds. The Labute approximate surface area is 109 Å². The molecule has 0 atom stereocenters. The summed E-state index contributed by atoms with van der Waals surface area (Å²) < 4.78 is 1.00. The first-order chi connectivity index (χ1) is 7.59. The lowest BCUT2D eigenvalue weighted by molar-refractivity contribution is 0.720. The van der Waals surface area contributed by atoms with Crippen LogP contribution in [0.5, 0.6) is 0 Å². The topological polar surface area (TPSA) is 36.4 Å². The second-order valence-electron chi connectivity index (χ2n) is 3.52. The maximum absolute atomic E-state index is 5.03. The van der Waals surface area contributed by atoms with Crippen LogP contribution in [0.1, 0.15) is 19.4 Å². The molecule has 1 rings (SSSR count). The van der Waals surface area contributed by atoms with Crippen molar-refractivity contribution in [1.82, 2.24) is 10.7 Å². The highest BCUT2D eigenvalue weighted by molar-refractivity contribution is 9.10. The van der Waals surface area contributed by atoms with Crippen molar-refractivity contribution in [2.24, 2.45) is 5.10 Å². The summed E-state index contributed by atoms with van der Waals surface area (Å²) in [6.45, 7) is 4.04.